The van der Waals surface area contributed by atoms with Gasteiger partial charge in [0, 0.05) is 18.5 Å². The van der Waals surface area contributed by atoms with E-state index in [0.717, 1.165) is 0 Å². The number of rotatable bonds is 3. The van der Waals surface area contributed by atoms with Gasteiger partial charge in [-0.25, -0.2) is 8.42 Å². The van der Waals surface area contributed by atoms with Crippen LogP contribution in [-0.4, -0.2) is 54.8 Å². The first kappa shape index (κ1) is 15.9. The highest BCUT2D eigenvalue weighted by molar-refractivity contribution is 7.91. The molecule has 0 aromatic rings. The van der Waals surface area contributed by atoms with E-state index >= 15 is 0 Å². The molecule has 19 heavy (non-hydrogen) atoms. The lowest BCUT2D eigenvalue weighted by atomic mass is 10.1. The fourth-order valence-electron chi connectivity index (χ4n) is 2.13. The number of hydrogen-bond acceptors (Lipinski definition) is 4. The fraction of sp³-hybridized carbons (Fsp3) is 0.833. The average molecular weight is 290 g/mol. The summed E-state index contributed by atoms with van der Waals surface area (Å²) in [6, 6.07) is -0.381. The van der Waals surface area contributed by atoms with Crippen LogP contribution in [0.4, 0.5) is 0 Å². The molecule has 2 amide bonds. The third kappa shape index (κ3) is 5.18. The molecule has 1 aliphatic heterocycles. The van der Waals surface area contributed by atoms with Gasteiger partial charge in [-0.15, -0.1) is 0 Å². The Morgan fingerprint density at radius 2 is 1.89 bits per heavy atom. The molecule has 1 heterocycles. The van der Waals surface area contributed by atoms with Gasteiger partial charge in [0.25, 0.3) is 0 Å². The van der Waals surface area contributed by atoms with Crippen LogP contribution in [0.1, 0.15) is 34.1 Å². The average Bonchev–Trinajstić information content (AvgIpc) is 2.51. The van der Waals surface area contributed by atoms with Crippen molar-refractivity contribution in [2.75, 3.05) is 18.1 Å². The lowest BCUT2D eigenvalue weighted by Gasteiger charge is -2.28. The molecule has 0 aromatic heterocycles. The molecule has 1 N–H and O–H groups in total. The summed E-state index contributed by atoms with van der Waals surface area (Å²) in [6.07, 6.45) is 0.407. The van der Waals surface area contributed by atoms with E-state index in [9.17, 15) is 18.0 Å². The summed E-state index contributed by atoms with van der Waals surface area (Å²) >= 11 is 0. The zero-order valence-electron chi connectivity index (χ0n) is 11.9. The maximum Gasteiger partial charge on any atom is 0.240 e. The second kappa shape index (κ2) is 5.48. The predicted octanol–water partition coefficient (Wildman–Crippen LogP) is -0.0633. The van der Waals surface area contributed by atoms with Gasteiger partial charge >= 0.3 is 0 Å². The van der Waals surface area contributed by atoms with Crippen LogP contribution in [0.3, 0.4) is 0 Å². The Balaban J connectivity index is 2.70. The van der Waals surface area contributed by atoms with Crippen LogP contribution in [-0.2, 0) is 19.4 Å². The molecule has 7 heteroatoms. The molecule has 1 aliphatic rings. The molecule has 0 aliphatic carbocycles. The van der Waals surface area contributed by atoms with Crippen LogP contribution in [0.2, 0.25) is 0 Å². The molecule has 1 saturated heterocycles. The van der Waals surface area contributed by atoms with Gasteiger partial charge in [0.1, 0.15) is 0 Å². The van der Waals surface area contributed by atoms with Crippen LogP contribution in [0.5, 0.6) is 0 Å². The number of amides is 2. The summed E-state index contributed by atoms with van der Waals surface area (Å²) in [4.78, 5) is 24.8. The van der Waals surface area contributed by atoms with E-state index in [4.69, 9.17) is 0 Å². The minimum atomic E-state index is -3.07. The quantitative estimate of drug-likeness (QED) is 0.789. The SMILES string of the molecule is CC(=O)N(CC(=O)NC(C)(C)C)C1CCS(=O)(=O)C1. The van der Waals surface area contributed by atoms with E-state index in [1.165, 1.54) is 11.8 Å². The summed E-state index contributed by atoms with van der Waals surface area (Å²) in [5.74, 6) is -0.504. The molecule has 0 saturated carbocycles. The molecule has 0 radical (unpaired) electrons. The highest BCUT2D eigenvalue weighted by atomic mass is 32.2. The van der Waals surface area contributed by atoms with Crippen LogP contribution >= 0.6 is 0 Å². The number of carbonyl (C=O) groups is 2. The molecule has 1 fully saturated rings. The minimum absolute atomic E-state index is 0.0463. The second-order valence-electron chi connectivity index (χ2n) is 6.00. The Bertz CT molecular complexity index is 465. The molecule has 110 valence electrons. The van der Waals surface area contributed by atoms with Crippen LogP contribution in [0.15, 0.2) is 0 Å². The molecule has 0 spiro atoms. The third-order valence-corrected chi connectivity index (χ3v) is 4.63. The summed E-state index contributed by atoms with van der Waals surface area (Å²) in [5.41, 5.74) is -0.374. The van der Waals surface area contributed by atoms with Gasteiger partial charge in [-0.2, -0.15) is 0 Å². The molecule has 0 bridgehead atoms. The largest absolute Gasteiger partial charge is 0.350 e. The highest BCUT2D eigenvalue weighted by Gasteiger charge is 2.34. The Hall–Kier alpha value is -1.11. The van der Waals surface area contributed by atoms with Crippen molar-refractivity contribution < 1.29 is 18.0 Å². The number of nitrogens with zero attached hydrogens (tertiary/aromatic N) is 1. The molecule has 0 aromatic carbocycles. The van der Waals surface area contributed by atoms with Gasteiger partial charge in [-0.3, -0.25) is 9.59 Å². The van der Waals surface area contributed by atoms with Gasteiger partial charge in [0.2, 0.25) is 11.8 Å². The van der Waals surface area contributed by atoms with Crippen LogP contribution < -0.4 is 5.32 Å². The highest BCUT2D eigenvalue weighted by Crippen LogP contribution is 2.17. The maximum atomic E-state index is 11.8. The first-order valence-corrected chi connectivity index (χ1v) is 8.11. The molecule has 1 rings (SSSR count). The molecule has 1 atom stereocenters. The molecule has 1 unspecified atom stereocenters. The van der Waals surface area contributed by atoms with Gasteiger partial charge in [-0.1, -0.05) is 0 Å². The monoisotopic (exact) mass is 290 g/mol. The van der Waals surface area contributed by atoms with Crippen molar-refractivity contribution in [1.82, 2.24) is 10.2 Å². The zero-order valence-corrected chi connectivity index (χ0v) is 12.7. The lowest BCUT2D eigenvalue weighted by Crippen LogP contribution is -2.50. The predicted molar refractivity (Wildman–Crippen MR) is 72.3 cm³/mol. The molecular formula is C12H22N2O4S. The molecule has 6 nitrogen and oxygen atoms in total. The van der Waals surface area contributed by atoms with E-state index in [2.05, 4.69) is 5.32 Å². The lowest BCUT2D eigenvalue weighted by molar-refractivity contribution is -0.136. The van der Waals surface area contributed by atoms with Gasteiger partial charge < -0.3 is 10.2 Å². The van der Waals surface area contributed by atoms with E-state index in [1.807, 2.05) is 20.8 Å². The van der Waals surface area contributed by atoms with Gasteiger partial charge in [0.15, 0.2) is 9.84 Å². The Morgan fingerprint density at radius 3 is 2.26 bits per heavy atom. The maximum absolute atomic E-state index is 11.8. The van der Waals surface area contributed by atoms with Crippen molar-refractivity contribution in [3.63, 3.8) is 0 Å². The zero-order chi connectivity index (χ0) is 14.8. The normalized spacial score (nSPS) is 22.0. The molecular weight excluding hydrogens is 268 g/mol. The second-order valence-corrected chi connectivity index (χ2v) is 8.23. The van der Waals surface area contributed by atoms with Crippen molar-refractivity contribution >= 4 is 21.7 Å². The Morgan fingerprint density at radius 1 is 1.32 bits per heavy atom. The van der Waals surface area contributed by atoms with Gasteiger partial charge in [0.05, 0.1) is 18.1 Å². The van der Waals surface area contributed by atoms with Crippen molar-refractivity contribution in [2.45, 2.75) is 45.7 Å². The van der Waals surface area contributed by atoms with E-state index < -0.39 is 9.84 Å². The number of hydrogen-bond donors (Lipinski definition) is 1. The van der Waals surface area contributed by atoms with E-state index in [-0.39, 0.29) is 41.4 Å². The van der Waals surface area contributed by atoms with Crippen molar-refractivity contribution in [2.24, 2.45) is 0 Å². The smallest absolute Gasteiger partial charge is 0.240 e. The summed E-state index contributed by atoms with van der Waals surface area (Å²) < 4.78 is 22.9. The van der Waals surface area contributed by atoms with Crippen LogP contribution in [0, 0.1) is 0 Å². The Labute approximate surface area is 114 Å². The topological polar surface area (TPSA) is 83.6 Å². The number of carbonyl (C=O) groups excluding carboxylic acids is 2. The summed E-state index contributed by atoms with van der Waals surface area (Å²) in [5, 5.41) is 2.77. The fourth-order valence-corrected chi connectivity index (χ4v) is 3.86. The van der Waals surface area contributed by atoms with E-state index in [0.29, 0.717) is 6.42 Å². The minimum Gasteiger partial charge on any atom is -0.350 e. The first-order chi connectivity index (χ1) is 8.50. The summed E-state index contributed by atoms with van der Waals surface area (Å²) in [7, 11) is -3.07. The van der Waals surface area contributed by atoms with Crippen molar-refractivity contribution in [1.29, 1.82) is 0 Å². The van der Waals surface area contributed by atoms with Crippen molar-refractivity contribution in [3.8, 4) is 0 Å². The van der Waals surface area contributed by atoms with Crippen LogP contribution in [0.25, 0.3) is 0 Å². The third-order valence-electron chi connectivity index (χ3n) is 2.88. The standard InChI is InChI=1S/C12H22N2O4S/c1-9(15)14(7-11(16)13-12(2,3)4)10-5-6-19(17,18)8-10/h10H,5-8H2,1-4H3,(H,13,16). The van der Waals surface area contributed by atoms with Gasteiger partial charge in [-0.05, 0) is 27.2 Å². The summed E-state index contributed by atoms with van der Waals surface area (Å²) in [6.45, 7) is 6.82. The number of sulfone groups is 1. The number of nitrogens with one attached hydrogen (secondary N) is 1. The van der Waals surface area contributed by atoms with E-state index in [1.54, 1.807) is 0 Å². The Kier molecular flexibility index (Phi) is 4.60. The first-order valence-electron chi connectivity index (χ1n) is 6.29. The van der Waals surface area contributed by atoms with Crippen molar-refractivity contribution in [3.05, 3.63) is 0 Å².